The monoisotopic (exact) mass is 393 g/mol. The van der Waals surface area contributed by atoms with Crippen molar-refractivity contribution < 1.29 is 14.3 Å². The van der Waals surface area contributed by atoms with E-state index in [9.17, 15) is 9.59 Å². The Kier molecular flexibility index (Phi) is 5.81. The minimum atomic E-state index is -0.202. The highest BCUT2D eigenvalue weighted by Crippen LogP contribution is 2.34. The van der Waals surface area contributed by atoms with E-state index in [4.69, 9.17) is 4.74 Å². The summed E-state index contributed by atoms with van der Waals surface area (Å²) in [7, 11) is 0. The largest absolute Gasteiger partial charge is 0.376 e. The smallest absolute Gasteiger partial charge is 0.315 e. The Morgan fingerprint density at radius 1 is 1.14 bits per heavy atom. The first kappa shape index (κ1) is 19.5. The van der Waals surface area contributed by atoms with Crippen LogP contribution in [-0.2, 0) is 17.7 Å². The van der Waals surface area contributed by atoms with Gasteiger partial charge in [0.25, 0.3) is 5.91 Å². The molecule has 1 fully saturated rings. The second-order valence-electron chi connectivity index (χ2n) is 7.76. The highest BCUT2D eigenvalue weighted by Gasteiger charge is 2.31. The summed E-state index contributed by atoms with van der Waals surface area (Å²) in [6.45, 7) is 3.79. The third-order valence-corrected chi connectivity index (χ3v) is 5.57. The standard InChI is InChI=1S/C23H27N3O3/c1-16-12-19-10-9-17(14-24-23(28)25-15-20-8-5-11-29-20)13-21(19)26(16)22(27)18-6-3-2-4-7-18/h2-4,6-7,9-10,13,16,20H,5,8,11-12,14-15H2,1H3,(H2,24,25,28)/t16-,20-/m1/s1. The number of hydrogen-bond acceptors (Lipinski definition) is 3. The van der Waals surface area contributed by atoms with Crippen LogP contribution < -0.4 is 15.5 Å². The minimum Gasteiger partial charge on any atom is -0.376 e. The molecule has 4 rings (SSSR count). The Balaban J connectivity index is 1.40. The van der Waals surface area contributed by atoms with Crippen LogP contribution in [0.1, 0.15) is 41.3 Å². The lowest BCUT2D eigenvalue weighted by atomic mass is 10.1. The van der Waals surface area contributed by atoms with Crippen molar-refractivity contribution in [2.45, 2.75) is 44.9 Å². The number of carbonyl (C=O) groups is 2. The van der Waals surface area contributed by atoms with Gasteiger partial charge in [0, 0.05) is 37.0 Å². The number of anilines is 1. The Morgan fingerprint density at radius 2 is 1.97 bits per heavy atom. The number of nitrogens with one attached hydrogen (secondary N) is 2. The first-order chi connectivity index (χ1) is 14.1. The van der Waals surface area contributed by atoms with Crippen LogP contribution in [0.4, 0.5) is 10.5 Å². The third kappa shape index (κ3) is 4.43. The number of carbonyl (C=O) groups excluding carboxylic acids is 2. The summed E-state index contributed by atoms with van der Waals surface area (Å²) in [4.78, 5) is 27.0. The lowest BCUT2D eigenvalue weighted by Gasteiger charge is -2.23. The molecule has 6 nitrogen and oxygen atoms in total. The number of nitrogens with zero attached hydrogens (tertiary/aromatic N) is 1. The molecular formula is C23H27N3O3. The van der Waals surface area contributed by atoms with Gasteiger partial charge in [-0.3, -0.25) is 4.79 Å². The van der Waals surface area contributed by atoms with Gasteiger partial charge in [0.2, 0.25) is 0 Å². The quantitative estimate of drug-likeness (QED) is 0.819. The number of hydrogen-bond donors (Lipinski definition) is 2. The fourth-order valence-electron chi connectivity index (χ4n) is 4.05. The van der Waals surface area contributed by atoms with Gasteiger partial charge in [-0.05, 0) is 55.5 Å². The van der Waals surface area contributed by atoms with Crippen LogP contribution >= 0.6 is 0 Å². The first-order valence-electron chi connectivity index (χ1n) is 10.3. The molecule has 1 saturated heterocycles. The van der Waals surface area contributed by atoms with Gasteiger partial charge in [0.15, 0.2) is 0 Å². The summed E-state index contributed by atoms with van der Waals surface area (Å²) in [5, 5.41) is 5.76. The molecule has 2 aliphatic heterocycles. The molecule has 0 bridgehead atoms. The van der Waals surface area contributed by atoms with E-state index >= 15 is 0 Å². The normalized spacial score (nSPS) is 20.4. The molecule has 0 aromatic heterocycles. The summed E-state index contributed by atoms with van der Waals surface area (Å²) in [6, 6.07) is 15.4. The maximum absolute atomic E-state index is 13.0. The molecule has 29 heavy (non-hydrogen) atoms. The molecule has 2 heterocycles. The van der Waals surface area contributed by atoms with Gasteiger partial charge in [-0.15, -0.1) is 0 Å². The Hall–Kier alpha value is -2.86. The molecule has 0 spiro atoms. The molecule has 6 heteroatoms. The lowest BCUT2D eigenvalue weighted by molar-refractivity contribution is 0.0981. The van der Waals surface area contributed by atoms with Crippen molar-refractivity contribution in [3.05, 3.63) is 65.2 Å². The number of amides is 3. The topological polar surface area (TPSA) is 70.7 Å². The van der Waals surface area contributed by atoms with Crippen molar-refractivity contribution in [3.63, 3.8) is 0 Å². The second-order valence-corrected chi connectivity index (χ2v) is 7.76. The average Bonchev–Trinajstić information content (AvgIpc) is 3.37. The molecule has 2 N–H and O–H groups in total. The maximum atomic E-state index is 13.0. The predicted molar refractivity (Wildman–Crippen MR) is 112 cm³/mol. The first-order valence-corrected chi connectivity index (χ1v) is 10.3. The summed E-state index contributed by atoms with van der Waals surface area (Å²) < 4.78 is 5.52. The highest BCUT2D eigenvalue weighted by molar-refractivity contribution is 6.07. The maximum Gasteiger partial charge on any atom is 0.315 e. The van der Waals surface area contributed by atoms with E-state index in [1.54, 1.807) is 0 Å². The molecular weight excluding hydrogens is 366 g/mol. The van der Waals surface area contributed by atoms with Crippen LogP contribution in [0, 0.1) is 0 Å². The second kappa shape index (κ2) is 8.66. The van der Waals surface area contributed by atoms with Crippen LogP contribution in [0.3, 0.4) is 0 Å². The predicted octanol–water partition coefficient (Wildman–Crippen LogP) is 3.26. The van der Waals surface area contributed by atoms with E-state index in [1.165, 1.54) is 0 Å². The molecule has 3 amide bonds. The molecule has 2 aliphatic rings. The third-order valence-electron chi connectivity index (χ3n) is 5.57. The highest BCUT2D eigenvalue weighted by atomic mass is 16.5. The zero-order valence-corrected chi connectivity index (χ0v) is 16.7. The van der Waals surface area contributed by atoms with Gasteiger partial charge in [-0.1, -0.05) is 30.3 Å². The van der Waals surface area contributed by atoms with Gasteiger partial charge in [-0.25, -0.2) is 4.79 Å². The zero-order chi connectivity index (χ0) is 20.2. The summed E-state index contributed by atoms with van der Waals surface area (Å²) in [5.41, 5.74) is 3.75. The lowest BCUT2D eigenvalue weighted by Crippen LogP contribution is -2.39. The minimum absolute atomic E-state index is 0.0104. The van der Waals surface area contributed by atoms with Crippen molar-refractivity contribution in [2.24, 2.45) is 0 Å². The average molecular weight is 393 g/mol. The van der Waals surface area contributed by atoms with Gasteiger partial charge >= 0.3 is 6.03 Å². The van der Waals surface area contributed by atoms with E-state index < -0.39 is 0 Å². The number of fused-ring (bicyclic) bond motifs is 1. The molecule has 0 aliphatic carbocycles. The molecule has 2 aromatic carbocycles. The SMILES string of the molecule is C[C@@H]1Cc2ccc(CNC(=O)NC[C@H]3CCCO3)cc2N1C(=O)c1ccccc1. The van der Waals surface area contributed by atoms with Gasteiger partial charge in [-0.2, -0.15) is 0 Å². The van der Waals surface area contributed by atoms with Crippen molar-refractivity contribution in [3.8, 4) is 0 Å². The molecule has 0 unspecified atom stereocenters. The van der Waals surface area contributed by atoms with Crippen LogP contribution in [-0.4, -0.2) is 37.2 Å². The van der Waals surface area contributed by atoms with Crippen LogP contribution in [0.2, 0.25) is 0 Å². The fourth-order valence-corrected chi connectivity index (χ4v) is 4.05. The number of benzene rings is 2. The van der Waals surface area contributed by atoms with Crippen molar-refractivity contribution >= 4 is 17.6 Å². The number of urea groups is 1. The van der Waals surface area contributed by atoms with E-state index in [1.807, 2.05) is 47.4 Å². The summed E-state index contributed by atoms with van der Waals surface area (Å²) >= 11 is 0. The fraction of sp³-hybridized carbons (Fsp3) is 0.391. The van der Waals surface area contributed by atoms with Crippen molar-refractivity contribution in [1.82, 2.24) is 10.6 Å². The Labute approximate surface area is 171 Å². The number of ether oxygens (including phenoxy) is 1. The van der Waals surface area contributed by atoms with Gasteiger partial charge in [0.1, 0.15) is 0 Å². The van der Waals surface area contributed by atoms with Gasteiger partial charge < -0.3 is 20.3 Å². The molecule has 2 aromatic rings. The zero-order valence-electron chi connectivity index (χ0n) is 16.7. The molecule has 152 valence electrons. The van der Waals surface area contributed by atoms with Crippen molar-refractivity contribution in [2.75, 3.05) is 18.1 Å². The summed E-state index contributed by atoms with van der Waals surface area (Å²) in [6.07, 6.45) is 3.01. The van der Waals surface area contributed by atoms with E-state index in [0.717, 1.165) is 42.7 Å². The number of rotatable bonds is 5. The van der Waals surface area contributed by atoms with Crippen LogP contribution in [0.25, 0.3) is 0 Å². The van der Waals surface area contributed by atoms with E-state index in [2.05, 4.69) is 23.6 Å². The van der Waals surface area contributed by atoms with E-state index in [-0.39, 0.29) is 24.1 Å². The molecule has 0 radical (unpaired) electrons. The van der Waals surface area contributed by atoms with Gasteiger partial charge in [0.05, 0.1) is 6.10 Å². The van der Waals surface area contributed by atoms with Crippen LogP contribution in [0.5, 0.6) is 0 Å². The summed E-state index contributed by atoms with van der Waals surface area (Å²) in [5.74, 6) is 0.0104. The Bertz CT molecular complexity index is 878. The Morgan fingerprint density at radius 3 is 2.72 bits per heavy atom. The van der Waals surface area contributed by atoms with Crippen molar-refractivity contribution in [1.29, 1.82) is 0 Å². The van der Waals surface area contributed by atoms with Crippen LogP contribution in [0.15, 0.2) is 48.5 Å². The molecule has 2 atom stereocenters. The van der Waals surface area contributed by atoms with E-state index in [0.29, 0.717) is 18.7 Å². The molecule has 0 saturated carbocycles.